The molecule has 2 aliphatic heterocycles. The van der Waals surface area contributed by atoms with Crippen LogP contribution in [0.1, 0.15) is 37.4 Å². The molecule has 2 aromatic carbocycles. The van der Waals surface area contributed by atoms with Crippen LogP contribution in [0.3, 0.4) is 0 Å². The van der Waals surface area contributed by atoms with Gasteiger partial charge in [0, 0.05) is 62.2 Å². The molecule has 2 saturated heterocycles. The standard InChI is InChI=1S/C32H32ClN7O2/c1-22(41)37-15-16-38(31(21-37)23-5-7-25(33)8-6-23)27-4-2-3-24(19-27)29-10-9-28-20-34-32(36-40(28)29)30-11-14-35-39(30)26-12-17-42-18-13-26/h2-11,14,19-20,26,31H,12-13,15-18,21H2,1H3. The topological polar surface area (TPSA) is 80.8 Å². The number of halogens is 1. The second-order valence-electron chi connectivity index (χ2n) is 10.9. The van der Waals surface area contributed by atoms with E-state index in [0.29, 0.717) is 23.9 Å². The molecule has 214 valence electrons. The first-order valence-corrected chi connectivity index (χ1v) is 14.8. The monoisotopic (exact) mass is 581 g/mol. The molecule has 0 spiro atoms. The van der Waals surface area contributed by atoms with Gasteiger partial charge in [-0.05, 0) is 60.9 Å². The molecule has 0 aliphatic carbocycles. The van der Waals surface area contributed by atoms with Gasteiger partial charge >= 0.3 is 0 Å². The summed E-state index contributed by atoms with van der Waals surface area (Å²) in [6.07, 6.45) is 5.54. The van der Waals surface area contributed by atoms with Gasteiger partial charge in [-0.15, -0.1) is 5.10 Å². The highest BCUT2D eigenvalue weighted by Gasteiger charge is 2.30. The van der Waals surface area contributed by atoms with Crippen molar-refractivity contribution in [3.63, 3.8) is 0 Å². The van der Waals surface area contributed by atoms with Crippen LogP contribution in [0.25, 0.3) is 28.3 Å². The highest BCUT2D eigenvalue weighted by molar-refractivity contribution is 6.30. The molecule has 2 fully saturated rings. The second kappa shape index (κ2) is 11.2. The van der Waals surface area contributed by atoms with E-state index in [9.17, 15) is 4.79 Å². The Kier molecular flexibility index (Phi) is 7.13. The lowest BCUT2D eigenvalue weighted by Gasteiger charge is -2.43. The van der Waals surface area contributed by atoms with Crippen LogP contribution in [0.4, 0.5) is 5.69 Å². The maximum atomic E-state index is 12.3. The number of fused-ring (bicyclic) bond motifs is 1. The number of anilines is 1. The molecule has 0 radical (unpaired) electrons. The van der Waals surface area contributed by atoms with Crippen molar-refractivity contribution in [1.82, 2.24) is 29.3 Å². The zero-order valence-corrected chi connectivity index (χ0v) is 24.2. The molecule has 1 unspecified atom stereocenters. The molecule has 1 atom stereocenters. The van der Waals surface area contributed by atoms with Gasteiger partial charge in [-0.3, -0.25) is 9.48 Å². The van der Waals surface area contributed by atoms with Crippen LogP contribution in [0.2, 0.25) is 5.02 Å². The van der Waals surface area contributed by atoms with Gasteiger partial charge in [-0.1, -0.05) is 35.9 Å². The first-order chi connectivity index (χ1) is 20.5. The van der Waals surface area contributed by atoms with Gasteiger partial charge in [0.05, 0.1) is 29.5 Å². The van der Waals surface area contributed by atoms with E-state index in [1.165, 1.54) is 0 Å². The number of benzene rings is 2. The smallest absolute Gasteiger partial charge is 0.219 e. The van der Waals surface area contributed by atoms with Crippen LogP contribution in [-0.2, 0) is 9.53 Å². The van der Waals surface area contributed by atoms with Crippen LogP contribution < -0.4 is 4.90 Å². The first-order valence-electron chi connectivity index (χ1n) is 14.4. The molecule has 1 amide bonds. The van der Waals surface area contributed by atoms with Gasteiger partial charge in [-0.25, -0.2) is 9.50 Å². The molecule has 0 N–H and O–H groups in total. The summed E-state index contributed by atoms with van der Waals surface area (Å²) in [7, 11) is 0. The summed E-state index contributed by atoms with van der Waals surface area (Å²) >= 11 is 6.20. The highest BCUT2D eigenvalue weighted by atomic mass is 35.5. The zero-order valence-electron chi connectivity index (χ0n) is 23.4. The van der Waals surface area contributed by atoms with Crippen molar-refractivity contribution < 1.29 is 9.53 Å². The summed E-state index contributed by atoms with van der Waals surface area (Å²) in [6, 6.07) is 22.9. The minimum absolute atomic E-state index is 0.0126. The largest absolute Gasteiger partial charge is 0.381 e. The van der Waals surface area contributed by atoms with Crippen LogP contribution in [-0.4, -0.2) is 68.0 Å². The number of hydrogen-bond donors (Lipinski definition) is 0. The first kappa shape index (κ1) is 26.7. The highest BCUT2D eigenvalue weighted by Crippen LogP contribution is 2.34. The van der Waals surface area contributed by atoms with E-state index in [0.717, 1.165) is 66.3 Å². The molecule has 0 saturated carbocycles. The number of amides is 1. The van der Waals surface area contributed by atoms with E-state index >= 15 is 0 Å². The maximum absolute atomic E-state index is 12.3. The molecule has 2 aliphatic rings. The lowest BCUT2D eigenvalue weighted by molar-refractivity contribution is -0.129. The summed E-state index contributed by atoms with van der Waals surface area (Å²) in [5, 5.41) is 10.3. The normalized spacial score (nSPS) is 18.1. The van der Waals surface area contributed by atoms with Crippen LogP contribution >= 0.6 is 11.6 Å². The van der Waals surface area contributed by atoms with E-state index in [4.69, 9.17) is 26.4 Å². The van der Waals surface area contributed by atoms with Gasteiger partial charge in [0.2, 0.25) is 5.91 Å². The molecule has 5 heterocycles. The molecular weight excluding hydrogens is 550 g/mol. The van der Waals surface area contributed by atoms with Crippen molar-refractivity contribution in [2.75, 3.05) is 37.7 Å². The number of hydrogen-bond acceptors (Lipinski definition) is 6. The fraction of sp³-hybridized carbons (Fsp3) is 0.312. The molecule has 10 heteroatoms. The number of nitrogens with zero attached hydrogens (tertiary/aromatic N) is 7. The van der Waals surface area contributed by atoms with Crippen molar-refractivity contribution in [3.8, 4) is 22.8 Å². The van der Waals surface area contributed by atoms with E-state index in [1.54, 1.807) is 6.92 Å². The lowest BCUT2D eigenvalue weighted by atomic mass is 10.0. The van der Waals surface area contributed by atoms with Crippen LogP contribution in [0.5, 0.6) is 0 Å². The van der Waals surface area contributed by atoms with E-state index in [1.807, 2.05) is 50.8 Å². The Balaban J connectivity index is 1.24. The maximum Gasteiger partial charge on any atom is 0.219 e. The lowest BCUT2D eigenvalue weighted by Crippen LogP contribution is -2.50. The quantitative estimate of drug-likeness (QED) is 0.266. The predicted molar refractivity (Wildman–Crippen MR) is 163 cm³/mol. The Morgan fingerprint density at radius 2 is 1.81 bits per heavy atom. The minimum atomic E-state index is 0.0126. The SMILES string of the molecule is CC(=O)N1CCN(c2cccc(-c3ccc4cnc(-c5ccnn5C5CCOCC5)nn34)c2)C(c2ccc(Cl)cc2)C1. The Morgan fingerprint density at radius 1 is 0.976 bits per heavy atom. The summed E-state index contributed by atoms with van der Waals surface area (Å²) in [4.78, 5) is 21.3. The molecule has 3 aromatic heterocycles. The van der Waals surface area contributed by atoms with Gasteiger partial charge in [0.1, 0.15) is 5.69 Å². The number of carbonyl (C=O) groups is 1. The van der Waals surface area contributed by atoms with E-state index in [-0.39, 0.29) is 18.0 Å². The molecular formula is C32H32ClN7O2. The molecule has 7 rings (SSSR count). The number of piperazine rings is 1. The second-order valence-corrected chi connectivity index (χ2v) is 11.4. The van der Waals surface area contributed by atoms with Crippen molar-refractivity contribution in [2.24, 2.45) is 0 Å². The fourth-order valence-electron chi connectivity index (χ4n) is 6.14. The molecule has 0 bridgehead atoms. The van der Waals surface area contributed by atoms with Crippen molar-refractivity contribution in [3.05, 3.63) is 89.7 Å². The number of rotatable bonds is 5. The summed E-state index contributed by atoms with van der Waals surface area (Å²) < 4.78 is 9.57. The summed E-state index contributed by atoms with van der Waals surface area (Å²) in [5.41, 5.74) is 6.09. The van der Waals surface area contributed by atoms with E-state index < -0.39 is 0 Å². The average molecular weight is 582 g/mol. The van der Waals surface area contributed by atoms with Crippen molar-refractivity contribution in [1.29, 1.82) is 0 Å². The van der Waals surface area contributed by atoms with Gasteiger partial charge in [-0.2, -0.15) is 5.10 Å². The predicted octanol–water partition coefficient (Wildman–Crippen LogP) is 5.67. The zero-order chi connectivity index (χ0) is 28.6. The van der Waals surface area contributed by atoms with E-state index in [2.05, 4.69) is 52.5 Å². The number of ether oxygens (including phenoxy) is 1. The average Bonchev–Trinajstić information content (AvgIpc) is 3.69. The molecule has 5 aromatic rings. The number of aromatic nitrogens is 5. The van der Waals surface area contributed by atoms with Crippen LogP contribution in [0, 0.1) is 0 Å². The van der Waals surface area contributed by atoms with Crippen molar-refractivity contribution >= 4 is 28.7 Å². The van der Waals surface area contributed by atoms with Gasteiger partial charge < -0.3 is 14.5 Å². The Bertz CT molecular complexity index is 1720. The third-order valence-corrected chi connectivity index (χ3v) is 8.64. The minimum Gasteiger partial charge on any atom is -0.381 e. The van der Waals surface area contributed by atoms with Gasteiger partial charge in [0.15, 0.2) is 5.82 Å². The Labute approximate surface area is 249 Å². The number of carbonyl (C=O) groups excluding carboxylic acids is 1. The third-order valence-electron chi connectivity index (χ3n) is 8.39. The third kappa shape index (κ3) is 5.03. The fourth-order valence-corrected chi connectivity index (χ4v) is 6.27. The summed E-state index contributed by atoms with van der Waals surface area (Å²) in [6.45, 7) is 5.14. The summed E-state index contributed by atoms with van der Waals surface area (Å²) in [5.74, 6) is 0.735. The Hall–Kier alpha value is -4.21. The van der Waals surface area contributed by atoms with Crippen LogP contribution in [0.15, 0.2) is 79.1 Å². The van der Waals surface area contributed by atoms with Crippen molar-refractivity contribution in [2.45, 2.75) is 31.8 Å². The molecule has 42 heavy (non-hydrogen) atoms. The van der Waals surface area contributed by atoms with Gasteiger partial charge in [0.25, 0.3) is 0 Å². The Morgan fingerprint density at radius 3 is 2.62 bits per heavy atom. The molecule has 9 nitrogen and oxygen atoms in total.